The average Bonchev–Trinajstić information content (AvgIpc) is 3.03. The lowest BCUT2D eigenvalue weighted by Crippen LogP contribution is -2.13. The van der Waals surface area contributed by atoms with Crippen LogP contribution in [0.4, 0.5) is 13.2 Å². The molecule has 3 rings (SSSR count). The number of ether oxygens (including phenoxy) is 1. The number of nitrogens with zero attached hydrogens (tertiary/aromatic N) is 1. The van der Waals surface area contributed by atoms with Crippen molar-refractivity contribution in [2.75, 3.05) is 6.26 Å². The molecule has 1 aromatic heterocycles. The van der Waals surface area contributed by atoms with Gasteiger partial charge in [-0.05, 0) is 62.4 Å². The molecule has 0 unspecified atom stereocenters. The van der Waals surface area contributed by atoms with Crippen LogP contribution in [-0.4, -0.2) is 36.4 Å². The van der Waals surface area contributed by atoms with E-state index in [0.717, 1.165) is 18.4 Å². The molecular formula is C23H22F3NO5S. The quantitative estimate of drug-likeness (QED) is 0.399. The number of carbonyl (C=O) groups is 1. The molecule has 1 heterocycles. The van der Waals surface area contributed by atoms with E-state index in [-0.39, 0.29) is 34.0 Å². The van der Waals surface area contributed by atoms with E-state index in [1.54, 1.807) is 0 Å². The summed E-state index contributed by atoms with van der Waals surface area (Å²) in [6.45, 7) is 3.03. The van der Waals surface area contributed by atoms with Gasteiger partial charge in [0.2, 0.25) is 0 Å². The molecule has 0 amide bonds. The first-order valence-electron chi connectivity index (χ1n) is 9.88. The summed E-state index contributed by atoms with van der Waals surface area (Å²) in [6.07, 6.45) is -2.73. The fourth-order valence-corrected chi connectivity index (χ4v) is 4.12. The molecule has 2 aromatic carbocycles. The van der Waals surface area contributed by atoms with Gasteiger partial charge in [0.05, 0.1) is 22.3 Å². The predicted octanol–water partition coefficient (Wildman–Crippen LogP) is 4.41. The summed E-state index contributed by atoms with van der Waals surface area (Å²) >= 11 is 0. The van der Waals surface area contributed by atoms with Crippen LogP contribution in [0.1, 0.15) is 40.7 Å². The van der Waals surface area contributed by atoms with Crippen LogP contribution < -0.4 is 4.74 Å². The smallest absolute Gasteiger partial charge is 0.345 e. The zero-order valence-electron chi connectivity index (χ0n) is 18.1. The number of hydrogen-bond donors (Lipinski definition) is 1. The van der Waals surface area contributed by atoms with Crippen molar-refractivity contribution in [1.82, 2.24) is 4.57 Å². The SMILES string of the molecule is Cc1c(C(=O)Oc2ccc(S(C)(=O)=O)cc2)cc(C[C@H](C)O)n1-c1ccc(F)cc1C(F)F. The summed E-state index contributed by atoms with van der Waals surface area (Å²) < 4.78 is 70.7. The predicted molar refractivity (Wildman–Crippen MR) is 115 cm³/mol. The van der Waals surface area contributed by atoms with Crippen LogP contribution in [0.5, 0.6) is 5.75 Å². The Kier molecular flexibility index (Phi) is 6.99. The van der Waals surface area contributed by atoms with Gasteiger partial charge >= 0.3 is 5.97 Å². The maximum atomic E-state index is 13.6. The molecule has 6 nitrogen and oxygen atoms in total. The third-order valence-corrected chi connectivity index (χ3v) is 6.10. The molecule has 0 saturated carbocycles. The van der Waals surface area contributed by atoms with Crippen molar-refractivity contribution in [3.63, 3.8) is 0 Å². The van der Waals surface area contributed by atoms with E-state index in [1.165, 1.54) is 54.8 Å². The maximum Gasteiger partial charge on any atom is 0.345 e. The van der Waals surface area contributed by atoms with Crippen LogP contribution in [0.3, 0.4) is 0 Å². The number of hydrogen-bond acceptors (Lipinski definition) is 5. The summed E-state index contributed by atoms with van der Waals surface area (Å²) in [4.78, 5) is 12.9. The van der Waals surface area contributed by atoms with E-state index in [0.29, 0.717) is 5.69 Å². The molecule has 1 N–H and O–H groups in total. The summed E-state index contributed by atoms with van der Waals surface area (Å²) in [6, 6.07) is 9.62. The van der Waals surface area contributed by atoms with Gasteiger partial charge < -0.3 is 14.4 Å². The van der Waals surface area contributed by atoms with Crippen LogP contribution in [-0.2, 0) is 16.3 Å². The Hall–Kier alpha value is -3.11. The fourth-order valence-electron chi connectivity index (χ4n) is 3.49. The molecule has 176 valence electrons. The highest BCUT2D eigenvalue weighted by atomic mass is 32.2. The summed E-state index contributed by atoms with van der Waals surface area (Å²) in [5.74, 6) is -1.54. The lowest BCUT2D eigenvalue weighted by molar-refractivity contribution is 0.0734. The molecule has 0 aliphatic carbocycles. The molecule has 0 spiro atoms. The van der Waals surface area contributed by atoms with Crippen LogP contribution in [0, 0.1) is 12.7 Å². The second kappa shape index (κ2) is 9.40. The van der Waals surface area contributed by atoms with E-state index >= 15 is 0 Å². The highest BCUT2D eigenvalue weighted by Crippen LogP contribution is 2.31. The topological polar surface area (TPSA) is 85.6 Å². The van der Waals surface area contributed by atoms with E-state index < -0.39 is 39.7 Å². The summed E-state index contributed by atoms with van der Waals surface area (Å²) in [5.41, 5.74) is 0.0996. The Morgan fingerprint density at radius 3 is 2.30 bits per heavy atom. The number of carbonyl (C=O) groups excluding carboxylic acids is 1. The number of esters is 1. The Morgan fingerprint density at radius 1 is 1.12 bits per heavy atom. The lowest BCUT2D eigenvalue weighted by atomic mass is 10.1. The van der Waals surface area contributed by atoms with Crippen molar-refractivity contribution in [2.45, 2.75) is 37.7 Å². The summed E-state index contributed by atoms with van der Waals surface area (Å²) in [7, 11) is -3.42. The number of halogens is 3. The van der Waals surface area contributed by atoms with E-state index in [2.05, 4.69) is 0 Å². The van der Waals surface area contributed by atoms with Gasteiger partial charge in [-0.2, -0.15) is 0 Å². The number of alkyl halides is 2. The lowest BCUT2D eigenvalue weighted by Gasteiger charge is -2.17. The molecule has 0 saturated heterocycles. The van der Waals surface area contributed by atoms with Crippen molar-refractivity contribution in [3.05, 3.63) is 76.9 Å². The average molecular weight is 481 g/mol. The van der Waals surface area contributed by atoms with Crippen LogP contribution in [0.2, 0.25) is 0 Å². The van der Waals surface area contributed by atoms with E-state index in [1.807, 2.05) is 0 Å². The third kappa shape index (κ3) is 5.45. The number of rotatable bonds is 7. The van der Waals surface area contributed by atoms with Gasteiger partial charge in [-0.3, -0.25) is 0 Å². The zero-order chi connectivity index (χ0) is 24.5. The first-order valence-corrected chi connectivity index (χ1v) is 11.8. The Bertz CT molecular complexity index is 1280. The van der Waals surface area contributed by atoms with Crippen molar-refractivity contribution < 1.29 is 36.2 Å². The standard InChI is InChI=1S/C23H22F3NO5S/c1-13(28)10-16-12-19(23(29)32-17-5-7-18(8-6-17)33(3,30)31)14(2)27(16)21-9-4-15(24)11-20(21)22(25)26/h4-9,11-13,22,28H,10H2,1-3H3/t13-/m0/s1. The van der Waals surface area contributed by atoms with Gasteiger partial charge in [0, 0.05) is 29.6 Å². The molecule has 10 heteroatoms. The maximum absolute atomic E-state index is 13.6. The van der Waals surface area contributed by atoms with Crippen molar-refractivity contribution in [1.29, 1.82) is 0 Å². The van der Waals surface area contributed by atoms with E-state index in [4.69, 9.17) is 4.74 Å². The van der Waals surface area contributed by atoms with Crippen LogP contribution in [0.25, 0.3) is 5.69 Å². The van der Waals surface area contributed by atoms with E-state index in [9.17, 15) is 31.5 Å². The molecule has 1 atom stereocenters. The fraction of sp³-hybridized carbons (Fsp3) is 0.261. The number of aliphatic hydroxyl groups is 1. The number of aromatic nitrogens is 1. The molecule has 0 bridgehead atoms. The highest BCUT2D eigenvalue weighted by molar-refractivity contribution is 7.90. The van der Waals surface area contributed by atoms with Crippen LogP contribution >= 0.6 is 0 Å². The Labute approximate surface area is 189 Å². The molecule has 0 aliphatic rings. The van der Waals surface area contributed by atoms with Crippen molar-refractivity contribution in [3.8, 4) is 11.4 Å². The van der Waals surface area contributed by atoms with Gasteiger partial charge in [0.1, 0.15) is 11.6 Å². The monoisotopic (exact) mass is 481 g/mol. The van der Waals surface area contributed by atoms with Gasteiger partial charge in [-0.1, -0.05) is 0 Å². The second-order valence-electron chi connectivity index (χ2n) is 7.66. The number of benzene rings is 2. The normalized spacial score (nSPS) is 12.7. The zero-order valence-corrected chi connectivity index (χ0v) is 18.9. The Balaban J connectivity index is 2.04. The highest BCUT2D eigenvalue weighted by Gasteiger charge is 2.24. The van der Waals surface area contributed by atoms with Crippen molar-refractivity contribution >= 4 is 15.8 Å². The van der Waals surface area contributed by atoms with Gasteiger partial charge in [-0.15, -0.1) is 0 Å². The van der Waals surface area contributed by atoms with Gasteiger partial charge in [-0.25, -0.2) is 26.4 Å². The second-order valence-corrected chi connectivity index (χ2v) is 9.68. The van der Waals surface area contributed by atoms with Gasteiger partial charge in [0.15, 0.2) is 9.84 Å². The molecular weight excluding hydrogens is 459 g/mol. The third-order valence-electron chi connectivity index (χ3n) is 4.98. The largest absolute Gasteiger partial charge is 0.423 e. The van der Waals surface area contributed by atoms with Crippen LogP contribution in [0.15, 0.2) is 53.4 Å². The number of aliphatic hydroxyl groups excluding tert-OH is 1. The minimum atomic E-state index is -3.42. The molecule has 0 aliphatic heterocycles. The minimum absolute atomic E-state index is 0.0175. The molecule has 33 heavy (non-hydrogen) atoms. The molecule has 0 fully saturated rings. The molecule has 0 radical (unpaired) electrons. The van der Waals surface area contributed by atoms with Gasteiger partial charge in [0.25, 0.3) is 6.43 Å². The molecule has 3 aromatic rings. The Morgan fingerprint density at radius 2 is 1.76 bits per heavy atom. The number of sulfone groups is 1. The summed E-state index contributed by atoms with van der Waals surface area (Å²) in [5, 5.41) is 9.88. The first-order chi connectivity index (χ1) is 15.4. The van der Waals surface area contributed by atoms with Crippen molar-refractivity contribution in [2.24, 2.45) is 0 Å². The minimum Gasteiger partial charge on any atom is -0.423 e. The first kappa shape index (κ1) is 24.5.